The first-order valence-electron chi connectivity index (χ1n) is 8.86. The maximum atomic E-state index is 2.29. The van der Waals surface area contributed by atoms with Gasteiger partial charge >= 0.3 is 0 Å². The molecule has 0 aromatic heterocycles. The van der Waals surface area contributed by atoms with E-state index >= 15 is 0 Å². The fourth-order valence-corrected chi connectivity index (χ4v) is 3.22. The van der Waals surface area contributed by atoms with Gasteiger partial charge in [0.15, 0.2) is 0 Å². The van der Waals surface area contributed by atoms with Crippen molar-refractivity contribution in [3.63, 3.8) is 0 Å². The van der Waals surface area contributed by atoms with Crippen molar-refractivity contribution in [2.45, 2.75) is 33.1 Å². The molecular weight excluding hydrogens is 302 g/mol. The van der Waals surface area contributed by atoms with Crippen LogP contribution in [0.4, 0.5) is 11.4 Å². The molecule has 0 saturated heterocycles. The Morgan fingerprint density at radius 3 is 1.76 bits per heavy atom. The standard InChI is InChI=1S/C24H27N/c1-18-9-11-20(12-10-18)24(3,4)21-13-15-22(16-14-21)25(5)23-8-6-7-19(2)17-23/h6-17H,1-5H3. The van der Waals surface area contributed by atoms with Crippen LogP contribution in [0, 0.1) is 13.8 Å². The molecule has 0 saturated carbocycles. The summed E-state index contributed by atoms with van der Waals surface area (Å²) >= 11 is 0. The van der Waals surface area contributed by atoms with Crippen LogP contribution >= 0.6 is 0 Å². The highest BCUT2D eigenvalue weighted by atomic mass is 15.1. The summed E-state index contributed by atoms with van der Waals surface area (Å²) in [5, 5.41) is 0. The van der Waals surface area contributed by atoms with Crippen LogP contribution in [0.3, 0.4) is 0 Å². The van der Waals surface area contributed by atoms with Gasteiger partial charge < -0.3 is 4.90 Å². The molecule has 0 atom stereocenters. The second-order valence-electron chi connectivity index (χ2n) is 7.44. The third kappa shape index (κ3) is 3.61. The third-order valence-electron chi connectivity index (χ3n) is 5.14. The van der Waals surface area contributed by atoms with E-state index in [-0.39, 0.29) is 5.41 Å². The fourth-order valence-electron chi connectivity index (χ4n) is 3.22. The van der Waals surface area contributed by atoms with Crippen molar-refractivity contribution in [3.8, 4) is 0 Å². The van der Waals surface area contributed by atoms with Crippen LogP contribution < -0.4 is 4.90 Å². The number of anilines is 2. The molecule has 0 aliphatic heterocycles. The lowest BCUT2D eigenvalue weighted by atomic mass is 9.78. The third-order valence-corrected chi connectivity index (χ3v) is 5.14. The number of hydrogen-bond donors (Lipinski definition) is 0. The lowest BCUT2D eigenvalue weighted by Crippen LogP contribution is -2.19. The molecule has 0 bridgehead atoms. The van der Waals surface area contributed by atoms with Crippen LogP contribution in [-0.2, 0) is 5.41 Å². The lowest BCUT2D eigenvalue weighted by molar-refractivity contribution is 0.640. The topological polar surface area (TPSA) is 3.24 Å². The zero-order chi connectivity index (χ0) is 18.0. The zero-order valence-corrected chi connectivity index (χ0v) is 15.9. The summed E-state index contributed by atoms with van der Waals surface area (Å²) in [6, 6.07) is 26.4. The van der Waals surface area contributed by atoms with E-state index in [2.05, 4.69) is 112 Å². The summed E-state index contributed by atoms with van der Waals surface area (Å²) in [7, 11) is 2.12. The van der Waals surface area contributed by atoms with Crippen molar-refractivity contribution in [1.82, 2.24) is 0 Å². The van der Waals surface area contributed by atoms with Crippen molar-refractivity contribution < 1.29 is 0 Å². The molecular formula is C24H27N. The van der Waals surface area contributed by atoms with E-state index < -0.39 is 0 Å². The van der Waals surface area contributed by atoms with E-state index in [9.17, 15) is 0 Å². The van der Waals surface area contributed by atoms with E-state index in [0.717, 1.165) is 0 Å². The molecule has 0 spiro atoms. The molecule has 0 aliphatic rings. The van der Waals surface area contributed by atoms with Gasteiger partial charge in [0.2, 0.25) is 0 Å². The molecule has 0 N–H and O–H groups in total. The molecule has 0 aliphatic carbocycles. The van der Waals surface area contributed by atoms with Crippen molar-refractivity contribution in [2.75, 3.05) is 11.9 Å². The Hall–Kier alpha value is -2.54. The van der Waals surface area contributed by atoms with Gasteiger partial charge in [0.25, 0.3) is 0 Å². The summed E-state index contributed by atoms with van der Waals surface area (Å²) < 4.78 is 0. The minimum atomic E-state index is -0.00582. The van der Waals surface area contributed by atoms with E-state index in [1.165, 1.54) is 33.6 Å². The molecule has 0 unspecified atom stereocenters. The molecule has 3 aromatic rings. The van der Waals surface area contributed by atoms with Gasteiger partial charge in [-0.25, -0.2) is 0 Å². The molecule has 3 rings (SSSR count). The Balaban J connectivity index is 1.87. The molecule has 0 radical (unpaired) electrons. The average Bonchev–Trinajstić information content (AvgIpc) is 2.61. The van der Waals surface area contributed by atoms with Crippen LogP contribution in [0.5, 0.6) is 0 Å². The highest BCUT2D eigenvalue weighted by molar-refractivity contribution is 5.63. The summed E-state index contributed by atoms with van der Waals surface area (Å²) in [6.07, 6.45) is 0. The van der Waals surface area contributed by atoms with E-state index in [0.29, 0.717) is 0 Å². The molecule has 0 heterocycles. The van der Waals surface area contributed by atoms with Gasteiger partial charge in [-0.3, -0.25) is 0 Å². The normalized spacial score (nSPS) is 11.4. The highest BCUT2D eigenvalue weighted by Gasteiger charge is 2.23. The minimum absolute atomic E-state index is 0.00582. The second kappa shape index (κ2) is 6.76. The van der Waals surface area contributed by atoms with Gasteiger partial charge in [-0.05, 0) is 54.8 Å². The summed E-state index contributed by atoms with van der Waals surface area (Å²) in [5.74, 6) is 0. The van der Waals surface area contributed by atoms with Crippen LogP contribution in [0.2, 0.25) is 0 Å². The fraction of sp³-hybridized carbons (Fsp3) is 0.250. The van der Waals surface area contributed by atoms with Crippen LogP contribution in [0.15, 0.2) is 72.8 Å². The molecule has 0 fully saturated rings. The SMILES string of the molecule is Cc1ccc(C(C)(C)c2ccc(N(C)c3cccc(C)c3)cc2)cc1. The monoisotopic (exact) mass is 329 g/mol. The van der Waals surface area contributed by atoms with Gasteiger partial charge in [-0.15, -0.1) is 0 Å². The molecule has 1 heteroatoms. The van der Waals surface area contributed by atoms with E-state index in [1.807, 2.05) is 0 Å². The van der Waals surface area contributed by atoms with Gasteiger partial charge in [-0.1, -0.05) is 67.9 Å². The maximum Gasteiger partial charge on any atom is 0.0410 e. The first-order valence-corrected chi connectivity index (χ1v) is 8.86. The average molecular weight is 329 g/mol. The molecule has 25 heavy (non-hydrogen) atoms. The predicted octanol–water partition coefficient (Wildman–Crippen LogP) is 6.40. The number of aryl methyl sites for hydroxylation is 2. The van der Waals surface area contributed by atoms with Crippen molar-refractivity contribution in [1.29, 1.82) is 0 Å². The van der Waals surface area contributed by atoms with Crippen molar-refractivity contribution in [3.05, 3.63) is 95.1 Å². The summed E-state index contributed by atoms with van der Waals surface area (Å²) in [4.78, 5) is 2.23. The number of rotatable bonds is 4. The van der Waals surface area contributed by atoms with E-state index in [1.54, 1.807) is 0 Å². The van der Waals surface area contributed by atoms with Crippen LogP contribution in [0.25, 0.3) is 0 Å². The number of nitrogens with zero attached hydrogens (tertiary/aromatic N) is 1. The smallest absolute Gasteiger partial charge is 0.0410 e. The Morgan fingerprint density at radius 1 is 0.640 bits per heavy atom. The number of benzene rings is 3. The Bertz CT molecular complexity index is 842. The molecule has 1 nitrogen and oxygen atoms in total. The molecule has 3 aromatic carbocycles. The Labute approximate surface area is 151 Å². The largest absolute Gasteiger partial charge is 0.345 e. The van der Waals surface area contributed by atoms with Crippen molar-refractivity contribution in [2.24, 2.45) is 0 Å². The second-order valence-corrected chi connectivity index (χ2v) is 7.44. The Morgan fingerprint density at radius 2 is 1.20 bits per heavy atom. The van der Waals surface area contributed by atoms with Crippen LogP contribution in [-0.4, -0.2) is 7.05 Å². The van der Waals surface area contributed by atoms with Crippen molar-refractivity contribution >= 4 is 11.4 Å². The highest BCUT2D eigenvalue weighted by Crippen LogP contribution is 2.33. The van der Waals surface area contributed by atoms with Gasteiger partial charge in [-0.2, -0.15) is 0 Å². The first-order chi connectivity index (χ1) is 11.9. The zero-order valence-electron chi connectivity index (χ0n) is 15.9. The van der Waals surface area contributed by atoms with Crippen LogP contribution in [0.1, 0.15) is 36.1 Å². The Kier molecular flexibility index (Phi) is 4.67. The number of hydrogen-bond acceptors (Lipinski definition) is 1. The first kappa shape index (κ1) is 17.3. The summed E-state index contributed by atoms with van der Waals surface area (Å²) in [5.41, 5.74) is 7.67. The molecule has 128 valence electrons. The quantitative estimate of drug-likeness (QED) is 0.535. The maximum absolute atomic E-state index is 2.29. The van der Waals surface area contributed by atoms with Gasteiger partial charge in [0.05, 0.1) is 0 Å². The van der Waals surface area contributed by atoms with Gasteiger partial charge in [0.1, 0.15) is 0 Å². The molecule has 0 amide bonds. The van der Waals surface area contributed by atoms with Gasteiger partial charge in [0, 0.05) is 23.8 Å². The summed E-state index contributed by atoms with van der Waals surface area (Å²) in [6.45, 7) is 8.84. The predicted molar refractivity (Wildman–Crippen MR) is 109 cm³/mol. The lowest BCUT2D eigenvalue weighted by Gasteiger charge is -2.27. The minimum Gasteiger partial charge on any atom is -0.345 e. The van der Waals surface area contributed by atoms with E-state index in [4.69, 9.17) is 0 Å².